The minimum absolute atomic E-state index is 0.287. The van der Waals surface area contributed by atoms with Crippen molar-refractivity contribution in [1.29, 1.82) is 0 Å². The van der Waals surface area contributed by atoms with Crippen LogP contribution < -0.4 is 5.73 Å². The van der Waals surface area contributed by atoms with Gasteiger partial charge in [0.2, 0.25) is 0 Å². The molecule has 0 saturated heterocycles. The van der Waals surface area contributed by atoms with Crippen LogP contribution in [0.2, 0.25) is 0 Å². The first-order valence-electron chi connectivity index (χ1n) is 6.48. The molecule has 4 aromatic rings. The number of furan rings is 1. The maximum Gasteiger partial charge on any atom is 0.134 e. The molecule has 0 fully saturated rings. The second-order valence-corrected chi connectivity index (χ2v) is 5.83. The first-order valence-corrected chi connectivity index (χ1v) is 7.36. The Bertz CT molecular complexity index is 944. The second kappa shape index (κ2) is 4.65. The smallest absolute Gasteiger partial charge is 0.134 e. The highest BCUT2D eigenvalue weighted by molar-refractivity contribution is 7.17. The third-order valence-electron chi connectivity index (χ3n) is 3.49. The van der Waals surface area contributed by atoms with E-state index in [1.54, 1.807) is 29.7 Å². The first-order chi connectivity index (χ1) is 10.2. The SMILES string of the molecule is NC(c1cnc2ccsc2c1)c1cc2cc(F)ccc2o1. The summed E-state index contributed by atoms with van der Waals surface area (Å²) in [5.74, 6) is 0.318. The van der Waals surface area contributed by atoms with Crippen LogP contribution in [0.1, 0.15) is 17.4 Å². The zero-order valence-electron chi connectivity index (χ0n) is 10.9. The van der Waals surface area contributed by atoms with Gasteiger partial charge < -0.3 is 10.2 Å². The third-order valence-corrected chi connectivity index (χ3v) is 4.34. The molecule has 3 aromatic heterocycles. The number of fused-ring (bicyclic) bond motifs is 2. The topological polar surface area (TPSA) is 52.0 Å². The molecule has 4 rings (SSSR count). The van der Waals surface area contributed by atoms with E-state index >= 15 is 0 Å². The summed E-state index contributed by atoms with van der Waals surface area (Å²) < 4.78 is 20.0. The van der Waals surface area contributed by atoms with Crippen LogP contribution in [0.4, 0.5) is 4.39 Å². The Hall–Kier alpha value is -2.24. The van der Waals surface area contributed by atoms with Gasteiger partial charge in [0.05, 0.1) is 16.3 Å². The van der Waals surface area contributed by atoms with E-state index in [2.05, 4.69) is 4.98 Å². The van der Waals surface area contributed by atoms with Gasteiger partial charge in [-0.3, -0.25) is 4.98 Å². The molecule has 0 spiro atoms. The molecule has 1 atom stereocenters. The molecule has 21 heavy (non-hydrogen) atoms. The van der Waals surface area contributed by atoms with Crippen LogP contribution in [-0.2, 0) is 0 Å². The van der Waals surface area contributed by atoms with Gasteiger partial charge in [-0.05, 0) is 47.3 Å². The van der Waals surface area contributed by atoms with Crippen LogP contribution in [0.5, 0.6) is 0 Å². The molecule has 0 aliphatic heterocycles. The largest absolute Gasteiger partial charge is 0.459 e. The maximum atomic E-state index is 13.2. The molecule has 2 N–H and O–H groups in total. The summed E-state index contributed by atoms with van der Waals surface area (Å²) in [7, 11) is 0. The Balaban J connectivity index is 1.79. The second-order valence-electron chi connectivity index (χ2n) is 4.88. The van der Waals surface area contributed by atoms with E-state index in [1.807, 2.05) is 17.5 Å². The van der Waals surface area contributed by atoms with E-state index < -0.39 is 6.04 Å². The number of hydrogen-bond donors (Lipinski definition) is 1. The van der Waals surface area contributed by atoms with Gasteiger partial charge in [-0.1, -0.05) is 0 Å². The van der Waals surface area contributed by atoms with Crippen LogP contribution in [-0.4, -0.2) is 4.98 Å². The predicted octanol–water partition coefficient (Wildman–Crippen LogP) is 4.23. The molecule has 1 aromatic carbocycles. The van der Waals surface area contributed by atoms with E-state index in [0.29, 0.717) is 16.7 Å². The lowest BCUT2D eigenvalue weighted by atomic mass is 10.1. The molecule has 5 heteroatoms. The highest BCUT2D eigenvalue weighted by Gasteiger charge is 2.15. The molecule has 0 aliphatic rings. The van der Waals surface area contributed by atoms with Crippen LogP contribution in [0.15, 0.2) is 52.4 Å². The maximum absolute atomic E-state index is 13.2. The van der Waals surface area contributed by atoms with E-state index in [0.717, 1.165) is 15.8 Å². The lowest BCUT2D eigenvalue weighted by molar-refractivity contribution is 0.524. The Morgan fingerprint density at radius 2 is 2.10 bits per heavy atom. The number of halogens is 1. The summed E-state index contributed by atoms with van der Waals surface area (Å²) in [6, 6.07) is 9.78. The summed E-state index contributed by atoms with van der Waals surface area (Å²) in [6.07, 6.45) is 1.76. The summed E-state index contributed by atoms with van der Waals surface area (Å²) >= 11 is 1.62. The minimum atomic E-state index is -0.417. The van der Waals surface area contributed by atoms with Gasteiger partial charge in [0.15, 0.2) is 0 Å². The van der Waals surface area contributed by atoms with Crippen molar-refractivity contribution in [3.63, 3.8) is 0 Å². The fourth-order valence-corrected chi connectivity index (χ4v) is 3.17. The first kappa shape index (κ1) is 12.5. The van der Waals surface area contributed by atoms with Gasteiger partial charge in [0.25, 0.3) is 0 Å². The van der Waals surface area contributed by atoms with E-state index in [1.165, 1.54) is 12.1 Å². The van der Waals surface area contributed by atoms with Crippen molar-refractivity contribution in [2.75, 3.05) is 0 Å². The lowest BCUT2D eigenvalue weighted by Crippen LogP contribution is -2.10. The van der Waals surface area contributed by atoms with Crippen LogP contribution in [0, 0.1) is 5.82 Å². The average molecular weight is 298 g/mol. The van der Waals surface area contributed by atoms with Gasteiger partial charge in [-0.25, -0.2) is 4.39 Å². The number of pyridine rings is 1. The van der Waals surface area contributed by atoms with Gasteiger partial charge in [-0.15, -0.1) is 11.3 Å². The highest BCUT2D eigenvalue weighted by atomic mass is 32.1. The van der Waals surface area contributed by atoms with Crippen molar-refractivity contribution in [2.45, 2.75) is 6.04 Å². The molecular weight excluding hydrogens is 287 g/mol. The molecule has 0 bridgehead atoms. The van der Waals surface area contributed by atoms with Crippen molar-refractivity contribution >= 4 is 32.5 Å². The van der Waals surface area contributed by atoms with Gasteiger partial charge >= 0.3 is 0 Å². The average Bonchev–Trinajstić information content (AvgIpc) is 3.11. The number of thiophene rings is 1. The van der Waals surface area contributed by atoms with Crippen LogP contribution in [0.25, 0.3) is 21.2 Å². The van der Waals surface area contributed by atoms with Crippen molar-refractivity contribution in [3.8, 4) is 0 Å². The van der Waals surface area contributed by atoms with Crippen LogP contribution in [0.3, 0.4) is 0 Å². The van der Waals surface area contributed by atoms with Crippen molar-refractivity contribution in [3.05, 3.63) is 65.1 Å². The molecule has 0 aliphatic carbocycles. The predicted molar refractivity (Wildman–Crippen MR) is 81.8 cm³/mol. The quantitative estimate of drug-likeness (QED) is 0.602. The van der Waals surface area contributed by atoms with Crippen LogP contribution >= 0.6 is 11.3 Å². The summed E-state index contributed by atoms with van der Waals surface area (Å²) in [4.78, 5) is 4.38. The third kappa shape index (κ3) is 2.11. The fraction of sp³-hybridized carbons (Fsp3) is 0.0625. The molecule has 0 radical (unpaired) electrons. The number of hydrogen-bond acceptors (Lipinski definition) is 4. The zero-order valence-corrected chi connectivity index (χ0v) is 11.7. The number of nitrogens with zero attached hydrogens (tertiary/aromatic N) is 1. The molecule has 0 saturated carbocycles. The highest BCUT2D eigenvalue weighted by Crippen LogP contribution is 2.29. The number of aromatic nitrogens is 1. The molecule has 104 valence electrons. The monoisotopic (exact) mass is 298 g/mol. The van der Waals surface area contributed by atoms with Gasteiger partial charge in [0, 0.05) is 11.6 Å². The molecular formula is C16H11FN2OS. The van der Waals surface area contributed by atoms with E-state index in [4.69, 9.17) is 10.2 Å². The Kier molecular flexibility index (Phi) is 2.77. The van der Waals surface area contributed by atoms with Crippen molar-refractivity contribution in [1.82, 2.24) is 4.98 Å². The molecule has 1 unspecified atom stereocenters. The lowest BCUT2D eigenvalue weighted by Gasteiger charge is -2.08. The van der Waals surface area contributed by atoms with E-state index in [9.17, 15) is 4.39 Å². The van der Waals surface area contributed by atoms with Gasteiger partial charge in [-0.2, -0.15) is 0 Å². The van der Waals surface area contributed by atoms with Crippen molar-refractivity contribution < 1.29 is 8.81 Å². The number of benzene rings is 1. The van der Waals surface area contributed by atoms with E-state index in [-0.39, 0.29) is 5.82 Å². The summed E-state index contributed by atoms with van der Waals surface area (Å²) in [6.45, 7) is 0. The fourth-order valence-electron chi connectivity index (χ4n) is 2.38. The minimum Gasteiger partial charge on any atom is -0.459 e. The van der Waals surface area contributed by atoms with Crippen molar-refractivity contribution in [2.24, 2.45) is 5.73 Å². The summed E-state index contributed by atoms with van der Waals surface area (Å²) in [5.41, 5.74) is 8.73. The number of nitrogens with two attached hydrogens (primary N) is 1. The Morgan fingerprint density at radius 3 is 3.00 bits per heavy atom. The molecule has 0 amide bonds. The Morgan fingerprint density at radius 1 is 1.19 bits per heavy atom. The normalized spacial score (nSPS) is 13.0. The molecule has 3 heterocycles. The molecule has 3 nitrogen and oxygen atoms in total. The van der Waals surface area contributed by atoms with Gasteiger partial charge in [0.1, 0.15) is 17.2 Å². The number of rotatable bonds is 2. The zero-order chi connectivity index (χ0) is 14.4. The Labute approximate surface area is 123 Å². The summed E-state index contributed by atoms with van der Waals surface area (Å²) in [5, 5.41) is 2.71. The standard InChI is InChI=1S/C16H11FN2OS/c17-11-1-2-13-9(5-11)6-14(20-13)16(18)10-7-15-12(19-8-10)3-4-21-15/h1-8,16H,18H2.